The third kappa shape index (κ3) is 3.61. The molecule has 96 valence electrons. The predicted octanol–water partition coefficient (Wildman–Crippen LogP) is 2.66. The van der Waals surface area contributed by atoms with Gasteiger partial charge in [-0.25, -0.2) is 0 Å². The van der Waals surface area contributed by atoms with Crippen molar-refractivity contribution in [2.24, 2.45) is 17.6 Å². The van der Waals surface area contributed by atoms with Gasteiger partial charge in [0.1, 0.15) is 0 Å². The molecule has 0 bridgehead atoms. The van der Waals surface area contributed by atoms with Crippen LogP contribution in [0, 0.1) is 11.8 Å². The Hall–Kier alpha value is 0.210. The zero-order valence-corrected chi connectivity index (χ0v) is 11.3. The Balaban J connectivity index is 0.00000128. The van der Waals surface area contributed by atoms with Crippen LogP contribution in [0.15, 0.2) is 0 Å². The second-order valence-electron chi connectivity index (χ2n) is 5.65. The molecule has 0 radical (unpaired) electrons. The molecule has 3 heteroatoms. The topological polar surface area (TPSA) is 29.3 Å². The lowest BCUT2D eigenvalue weighted by Crippen LogP contribution is -2.39. The van der Waals surface area contributed by atoms with E-state index in [0.29, 0.717) is 6.04 Å². The van der Waals surface area contributed by atoms with Crippen molar-refractivity contribution in [1.29, 1.82) is 0 Å². The molecule has 0 spiro atoms. The minimum Gasteiger partial charge on any atom is -0.329 e. The highest BCUT2D eigenvalue weighted by Gasteiger charge is 2.27. The fourth-order valence-electron chi connectivity index (χ4n) is 3.25. The number of rotatable bonds is 3. The van der Waals surface area contributed by atoms with E-state index < -0.39 is 0 Å². The van der Waals surface area contributed by atoms with Crippen molar-refractivity contribution in [1.82, 2.24) is 4.90 Å². The maximum atomic E-state index is 5.81. The first-order valence-electron chi connectivity index (χ1n) is 6.73. The number of hydrogen-bond acceptors (Lipinski definition) is 2. The van der Waals surface area contributed by atoms with Crippen LogP contribution in [-0.2, 0) is 0 Å². The van der Waals surface area contributed by atoms with Gasteiger partial charge in [-0.2, -0.15) is 0 Å². The molecule has 16 heavy (non-hydrogen) atoms. The summed E-state index contributed by atoms with van der Waals surface area (Å²) in [6.45, 7) is 5.89. The van der Waals surface area contributed by atoms with Gasteiger partial charge in [-0.3, -0.25) is 4.90 Å². The Morgan fingerprint density at radius 3 is 2.44 bits per heavy atom. The summed E-state index contributed by atoms with van der Waals surface area (Å²) in [6, 6.07) is 0.698. The van der Waals surface area contributed by atoms with Crippen molar-refractivity contribution in [3.8, 4) is 0 Å². The lowest BCUT2D eigenvalue weighted by molar-refractivity contribution is 0.176. The third-order valence-electron chi connectivity index (χ3n) is 4.40. The molecule has 0 amide bonds. The van der Waals surface area contributed by atoms with Crippen LogP contribution in [0.1, 0.15) is 45.4 Å². The van der Waals surface area contributed by atoms with E-state index in [1.54, 1.807) is 0 Å². The molecule has 0 aromatic carbocycles. The standard InChI is InChI=1S/C13H26N2.ClH/c1-11-4-6-12(7-5-11)10-15-8-2-3-13(15)9-14;/h11-13H,2-10,14H2,1H3;1H. The molecule has 1 heterocycles. The smallest absolute Gasteiger partial charge is 0.0219 e. The zero-order chi connectivity index (χ0) is 10.7. The van der Waals surface area contributed by atoms with Gasteiger partial charge in [-0.15, -0.1) is 12.4 Å². The Morgan fingerprint density at radius 1 is 1.12 bits per heavy atom. The summed E-state index contributed by atoms with van der Waals surface area (Å²) in [5, 5.41) is 0. The summed E-state index contributed by atoms with van der Waals surface area (Å²) in [4.78, 5) is 2.65. The molecule has 2 N–H and O–H groups in total. The van der Waals surface area contributed by atoms with Crippen molar-refractivity contribution < 1.29 is 0 Å². The molecule has 1 saturated heterocycles. The van der Waals surface area contributed by atoms with Crippen molar-refractivity contribution >= 4 is 12.4 Å². The Kier molecular flexibility index (Phi) is 6.09. The van der Waals surface area contributed by atoms with Crippen LogP contribution in [0.3, 0.4) is 0 Å². The second-order valence-corrected chi connectivity index (χ2v) is 5.65. The molecule has 1 atom stereocenters. The quantitative estimate of drug-likeness (QED) is 0.830. The van der Waals surface area contributed by atoms with E-state index in [0.717, 1.165) is 18.4 Å². The highest BCUT2D eigenvalue weighted by Crippen LogP contribution is 2.30. The molecule has 2 nitrogen and oxygen atoms in total. The Morgan fingerprint density at radius 2 is 1.81 bits per heavy atom. The van der Waals surface area contributed by atoms with Crippen molar-refractivity contribution in [3.63, 3.8) is 0 Å². The maximum Gasteiger partial charge on any atom is 0.0219 e. The number of halogens is 1. The first kappa shape index (κ1) is 14.3. The summed E-state index contributed by atoms with van der Waals surface area (Å²) < 4.78 is 0. The van der Waals surface area contributed by atoms with Crippen LogP contribution in [0.5, 0.6) is 0 Å². The number of likely N-dealkylation sites (tertiary alicyclic amines) is 1. The third-order valence-corrected chi connectivity index (χ3v) is 4.40. The normalized spacial score (nSPS) is 36.0. The van der Waals surface area contributed by atoms with Crippen LogP contribution in [0.2, 0.25) is 0 Å². The van der Waals surface area contributed by atoms with Gasteiger partial charge in [0.2, 0.25) is 0 Å². The van der Waals surface area contributed by atoms with Gasteiger partial charge in [0.25, 0.3) is 0 Å². The minimum atomic E-state index is 0. The SMILES string of the molecule is CC1CCC(CN2CCCC2CN)CC1.Cl. The van der Waals surface area contributed by atoms with Gasteiger partial charge in [0, 0.05) is 19.1 Å². The highest BCUT2D eigenvalue weighted by molar-refractivity contribution is 5.85. The van der Waals surface area contributed by atoms with Crippen LogP contribution >= 0.6 is 12.4 Å². The van der Waals surface area contributed by atoms with Gasteiger partial charge in [0.05, 0.1) is 0 Å². The molecule has 1 saturated carbocycles. The molecule has 0 aromatic heterocycles. The summed E-state index contributed by atoms with van der Waals surface area (Å²) >= 11 is 0. The average Bonchev–Trinajstić information content (AvgIpc) is 2.69. The molecular weight excluding hydrogens is 220 g/mol. The van der Waals surface area contributed by atoms with E-state index >= 15 is 0 Å². The van der Waals surface area contributed by atoms with E-state index in [4.69, 9.17) is 5.73 Å². The molecule has 1 aliphatic carbocycles. The van der Waals surface area contributed by atoms with E-state index in [2.05, 4.69) is 11.8 Å². The highest BCUT2D eigenvalue weighted by atomic mass is 35.5. The lowest BCUT2D eigenvalue weighted by atomic mass is 9.83. The molecule has 1 unspecified atom stereocenters. The number of nitrogens with zero attached hydrogens (tertiary/aromatic N) is 1. The Labute approximate surface area is 106 Å². The molecule has 1 aliphatic heterocycles. The summed E-state index contributed by atoms with van der Waals surface area (Å²) in [5.41, 5.74) is 5.81. The van der Waals surface area contributed by atoms with E-state index in [9.17, 15) is 0 Å². The van der Waals surface area contributed by atoms with Gasteiger partial charge in [0.15, 0.2) is 0 Å². The van der Waals surface area contributed by atoms with Gasteiger partial charge >= 0.3 is 0 Å². The first-order chi connectivity index (χ1) is 7.29. The molecule has 2 aliphatic rings. The summed E-state index contributed by atoms with van der Waals surface area (Å²) in [5.74, 6) is 1.94. The van der Waals surface area contributed by atoms with E-state index in [1.807, 2.05) is 0 Å². The molecular formula is C13H27ClN2. The van der Waals surface area contributed by atoms with Gasteiger partial charge in [-0.1, -0.05) is 19.8 Å². The lowest BCUT2D eigenvalue weighted by Gasteiger charge is -2.32. The largest absolute Gasteiger partial charge is 0.329 e. The van der Waals surface area contributed by atoms with Crippen LogP contribution < -0.4 is 5.73 Å². The van der Waals surface area contributed by atoms with Gasteiger partial charge in [-0.05, 0) is 44.1 Å². The molecule has 2 fully saturated rings. The number of hydrogen-bond donors (Lipinski definition) is 1. The Bertz CT molecular complexity index is 190. The van der Waals surface area contributed by atoms with E-state index in [-0.39, 0.29) is 12.4 Å². The van der Waals surface area contributed by atoms with E-state index in [1.165, 1.54) is 51.6 Å². The van der Waals surface area contributed by atoms with Crippen molar-refractivity contribution in [3.05, 3.63) is 0 Å². The summed E-state index contributed by atoms with van der Waals surface area (Å²) in [7, 11) is 0. The second kappa shape index (κ2) is 6.83. The fraction of sp³-hybridized carbons (Fsp3) is 1.00. The fourth-order valence-corrected chi connectivity index (χ4v) is 3.25. The monoisotopic (exact) mass is 246 g/mol. The minimum absolute atomic E-state index is 0. The average molecular weight is 247 g/mol. The first-order valence-corrected chi connectivity index (χ1v) is 6.73. The van der Waals surface area contributed by atoms with Crippen molar-refractivity contribution in [2.45, 2.75) is 51.5 Å². The molecule has 0 aromatic rings. The van der Waals surface area contributed by atoms with Crippen LogP contribution in [0.25, 0.3) is 0 Å². The zero-order valence-electron chi connectivity index (χ0n) is 10.5. The molecule has 2 rings (SSSR count). The maximum absolute atomic E-state index is 5.81. The van der Waals surface area contributed by atoms with Crippen molar-refractivity contribution in [2.75, 3.05) is 19.6 Å². The predicted molar refractivity (Wildman–Crippen MR) is 72.0 cm³/mol. The van der Waals surface area contributed by atoms with Crippen LogP contribution in [-0.4, -0.2) is 30.6 Å². The van der Waals surface area contributed by atoms with Crippen LogP contribution in [0.4, 0.5) is 0 Å². The number of nitrogens with two attached hydrogens (primary N) is 1. The summed E-state index contributed by atoms with van der Waals surface area (Å²) in [6.07, 6.45) is 8.51. The van der Waals surface area contributed by atoms with Gasteiger partial charge < -0.3 is 5.73 Å².